The number of thiocarbonyl (C=S) groups is 1. The number of rotatable bonds is 4. The Balaban J connectivity index is 1.38. The van der Waals surface area contributed by atoms with E-state index in [1.165, 1.54) is 11.1 Å². The third-order valence-corrected chi connectivity index (χ3v) is 5.32. The first-order chi connectivity index (χ1) is 14.5. The number of fused-ring (bicyclic) bond motifs is 1. The Morgan fingerprint density at radius 1 is 1.00 bits per heavy atom. The number of nitrogens with zero attached hydrogens (tertiary/aromatic N) is 1. The highest BCUT2D eigenvalue weighted by atomic mass is 32.1. The van der Waals surface area contributed by atoms with E-state index < -0.39 is 0 Å². The molecule has 0 fully saturated rings. The van der Waals surface area contributed by atoms with Crippen molar-refractivity contribution < 1.29 is 4.79 Å². The first-order valence-corrected chi connectivity index (χ1v) is 10.1. The van der Waals surface area contributed by atoms with E-state index in [2.05, 4.69) is 20.8 Å². The summed E-state index contributed by atoms with van der Waals surface area (Å²) in [4.78, 5) is 12.5. The van der Waals surface area contributed by atoms with E-state index in [4.69, 9.17) is 12.2 Å². The van der Waals surface area contributed by atoms with Crippen molar-refractivity contribution in [2.45, 2.75) is 20.3 Å². The van der Waals surface area contributed by atoms with E-state index in [0.29, 0.717) is 5.56 Å². The van der Waals surface area contributed by atoms with Crippen LogP contribution < -0.4 is 10.6 Å². The van der Waals surface area contributed by atoms with Gasteiger partial charge < -0.3 is 5.32 Å². The van der Waals surface area contributed by atoms with Crippen molar-refractivity contribution in [1.82, 2.24) is 15.5 Å². The topological polar surface area (TPSA) is 69.8 Å². The van der Waals surface area contributed by atoms with E-state index in [1.807, 2.05) is 74.5 Å². The van der Waals surface area contributed by atoms with Gasteiger partial charge in [0.1, 0.15) is 0 Å². The molecule has 3 aromatic carbocycles. The first kappa shape index (κ1) is 19.8. The number of carbonyl (C=O) groups excluding carboxylic acids is 1. The van der Waals surface area contributed by atoms with Gasteiger partial charge in [-0.2, -0.15) is 5.10 Å². The Kier molecular flexibility index (Phi) is 5.59. The fourth-order valence-electron chi connectivity index (χ4n) is 3.41. The molecule has 1 heterocycles. The van der Waals surface area contributed by atoms with Crippen LogP contribution in [0.2, 0.25) is 0 Å². The summed E-state index contributed by atoms with van der Waals surface area (Å²) in [5.41, 5.74) is 5.90. The highest BCUT2D eigenvalue weighted by molar-refractivity contribution is 7.80. The quantitative estimate of drug-likeness (QED) is 0.416. The number of aromatic nitrogens is 2. The van der Waals surface area contributed by atoms with Crippen LogP contribution in [0.1, 0.15) is 32.9 Å². The molecule has 3 N–H and O–H groups in total. The molecule has 1 aromatic heterocycles. The largest absolute Gasteiger partial charge is 0.332 e. The lowest BCUT2D eigenvalue weighted by Crippen LogP contribution is -2.34. The zero-order chi connectivity index (χ0) is 21.1. The second kappa shape index (κ2) is 8.47. The van der Waals surface area contributed by atoms with Gasteiger partial charge in [-0.3, -0.25) is 15.2 Å². The molecule has 0 atom stereocenters. The Morgan fingerprint density at radius 3 is 2.43 bits per heavy atom. The van der Waals surface area contributed by atoms with Crippen molar-refractivity contribution in [2.75, 3.05) is 5.32 Å². The molecule has 5 nitrogen and oxygen atoms in total. The predicted octanol–water partition coefficient (Wildman–Crippen LogP) is 4.90. The van der Waals surface area contributed by atoms with Crippen molar-refractivity contribution in [3.63, 3.8) is 0 Å². The Bertz CT molecular complexity index is 1210. The normalized spacial score (nSPS) is 10.7. The lowest BCUT2D eigenvalue weighted by atomic mass is 10.0. The maximum atomic E-state index is 12.5. The Hall–Kier alpha value is -3.51. The van der Waals surface area contributed by atoms with Gasteiger partial charge in [0.15, 0.2) is 5.11 Å². The molecule has 6 heteroatoms. The number of hydrogen-bond donors (Lipinski definition) is 3. The van der Waals surface area contributed by atoms with E-state index in [0.717, 1.165) is 34.3 Å². The molecule has 0 aliphatic rings. The number of anilines is 1. The third kappa shape index (κ3) is 4.39. The minimum absolute atomic E-state index is 0.235. The summed E-state index contributed by atoms with van der Waals surface area (Å²) < 4.78 is 0. The van der Waals surface area contributed by atoms with Gasteiger partial charge in [0.05, 0.1) is 5.69 Å². The summed E-state index contributed by atoms with van der Waals surface area (Å²) in [6.07, 6.45) is 0.817. The number of benzene rings is 3. The van der Waals surface area contributed by atoms with Gasteiger partial charge in [-0.05, 0) is 66.7 Å². The molecule has 0 saturated heterocycles. The SMILES string of the molecule is Cc1n[nH]c(C)c1Cc1ccc(NC(=S)NC(=O)c2ccc3ccccc3c2)cc1. The molecule has 4 rings (SSSR count). The number of nitrogens with one attached hydrogen (secondary N) is 3. The summed E-state index contributed by atoms with van der Waals surface area (Å²) in [6.45, 7) is 4.04. The Morgan fingerprint density at radius 2 is 1.73 bits per heavy atom. The van der Waals surface area contributed by atoms with E-state index >= 15 is 0 Å². The molecular weight excluding hydrogens is 392 g/mol. The van der Waals surface area contributed by atoms with Crippen LogP contribution in [0.5, 0.6) is 0 Å². The summed E-state index contributed by atoms with van der Waals surface area (Å²) >= 11 is 5.31. The van der Waals surface area contributed by atoms with Crippen LogP contribution in [0.15, 0.2) is 66.7 Å². The van der Waals surface area contributed by atoms with Crippen molar-refractivity contribution in [3.8, 4) is 0 Å². The fraction of sp³-hybridized carbons (Fsp3) is 0.125. The van der Waals surface area contributed by atoms with E-state index in [9.17, 15) is 4.79 Å². The fourth-order valence-corrected chi connectivity index (χ4v) is 3.62. The van der Waals surface area contributed by atoms with E-state index in [-0.39, 0.29) is 11.0 Å². The maximum Gasteiger partial charge on any atom is 0.257 e. The van der Waals surface area contributed by atoms with Crippen LogP contribution in [0.3, 0.4) is 0 Å². The number of hydrogen-bond acceptors (Lipinski definition) is 3. The van der Waals surface area contributed by atoms with Gasteiger partial charge in [-0.1, -0.05) is 42.5 Å². The molecule has 0 aliphatic heterocycles. The standard InChI is InChI=1S/C24H22N4OS/c1-15-22(16(2)28-27-15)13-17-7-11-21(12-8-17)25-24(30)26-23(29)20-10-9-18-5-3-4-6-19(18)14-20/h3-12,14H,13H2,1-2H3,(H,27,28)(H2,25,26,29,30). The van der Waals surface area contributed by atoms with Crippen LogP contribution in [-0.4, -0.2) is 21.2 Å². The minimum atomic E-state index is -0.235. The van der Waals surface area contributed by atoms with Crippen LogP contribution in [-0.2, 0) is 6.42 Å². The van der Waals surface area contributed by atoms with Crippen molar-refractivity contribution in [3.05, 3.63) is 94.8 Å². The monoisotopic (exact) mass is 414 g/mol. The molecule has 30 heavy (non-hydrogen) atoms. The lowest BCUT2D eigenvalue weighted by molar-refractivity contribution is 0.0978. The highest BCUT2D eigenvalue weighted by Crippen LogP contribution is 2.18. The summed E-state index contributed by atoms with van der Waals surface area (Å²) in [7, 11) is 0. The first-order valence-electron chi connectivity index (χ1n) is 9.70. The summed E-state index contributed by atoms with van der Waals surface area (Å²) in [6, 6.07) is 21.5. The zero-order valence-corrected chi connectivity index (χ0v) is 17.6. The third-order valence-electron chi connectivity index (χ3n) is 5.11. The second-order valence-corrected chi connectivity index (χ2v) is 7.66. The molecule has 150 valence electrons. The second-order valence-electron chi connectivity index (χ2n) is 7.26. The average Bonchev–Trinajstić information content (AvgIpc) is 3.06. The van der Waals surface area contributed by atoms with Crippen LogP contribution in [0, 0.1) is 13.8 Å². The lowest BCUT2D eigenvalue weighted by Gasteiger charge is -2.11. The highest BCUT2D eigenvalue weighted by Gasteiger charge is 2.10. The number of amides is 1. The zero-order valence-electron chi connectivity index (χ0n) is 16.8. The van der Waals surface area contributed by atoms with Crippen LogP contribution in [0.25, 0.3) is 10.8 Å². The van der Waals surface area contributed by atoms with Crippen molar-refractivity contribution in [2.24, 2.45) is 0 Å². The minimum Gasteiger partial charge on any atom is -0.332 e. The van der Waals surface area contributed by atoms with Gasteiger partial charge in [0.25, 0.3) is 5.91 Å². The maximum absolute atomic E-state index is 12.5. The number of aryl methyl sites for hydroxylation is 2. The number of aromatic amines is 1. The molecule has 4 aromatic rings. The molecule has 0 aliphatic carbocycles. The molecular formula is C24H22N4OS. The predicted molar refractivity (Wildman–Crippen MR) is 125 cm³/mol. The molecule has 0 saturated carbocycles. The smallest absolute Gasteiger partial charge is 0.257 e. The Labute approximate surface area is 180 Å². The van der Waals surface area contributed by atoms with Crippen LogP contribution in [0.4, 0.5) is 5.69 Å². The molecule has 0 bridgehead atoms. The number of carbonyl (C=O) groups is 1. The number of H-pyrrole nitrogens is 1. The van der Waals surface area contributed by atoms with Crippen molar-refractivity contribution in [1.29, 1.82) is 0 Å². The summed E-state index contributed by atoms with van der Waals surface area (Å²) in [5.74, 6) is -0.235. The van der Waals surface area contributed by atoms with Crippen LogP contribution >= 0.6 is 12.2 Å². The molecule has 0 spiro atoms. The average molecular weight is 415 g/mol. The van der Waals surface area contributed by atoms with Gasteiger partial charge in [0, 0.05) is 28.9 Å². The van der Waals surface area contributed by atoms with Crippen molar-refractivity contribution >= 4 is 39.7 Å². The van der Waals surface area contributed by atoms with Gasteiger partial charge >= 0.3 is 0 Å². The molecule has 0 radical (unpaired) electrons. The van der Waals surface area contributed by atoms with Gasteiger partial charge in [-0.15, -0.1) is 0 Å². The molecule has 0 unspecified atom stereocenters. The van der Waals surface area contributed by atoms with Gasteiger partial charge in [-0.25, -0.2) is 0 Å². The summed E-state index contributed by atoms with van der Waals surface area (Å²) in [5, 5.41) is 15.4. The molecule has 1 amide bonds. The van der Waals surface area contributed by atoms with Gasteiger partial charge in [0.2, 0.25) is 0 Å². The van der Waals surface area contributed by atoms with E-state index in [1.54, 1.807) is 6.07 Å².